The summed E-state index contributed by atoms with van der Waals surface area (Å²) in [6.07, 6.45) is 0.368. The lowest BCUT2D eigenvalue weighted by atomic mass is 10.1. The van der Waals surface area contributed by atoms with Crippen LogP contribution >= 0.6 is 27.5 Å². The number of benzene rings is 1. The Bertz CT molecular complexity index is 676. The van der Waals surface area contributed by atoms with Crippen molar-refractivity contribution >= 4 is 38.8 Å². The number of furan rings is 1. The molecule has 2 aromatic rings. The highest BCUT2D eigenvalue weighted by atomic mass is 79.9. The summed E-state index contributed by atoms with van der Waals surface area (Å²) in [6, 6.07) is 6.59. The van der Waals surface area contributed by atoms with E-state index in [4.69, 9.17) is 20.6 Å². The molecular weight excluding hydrogens is 398 g/mol. The molecule has 0 spiro atoms. The molecule has 2 unspecified atom stereocenters. The summed E-state index contributed by atoms with van der Waals surface area (Å²) in [5, 5.41) is 20.5. The molecule has 4 N–H and O–H groups in total. The smallest absolute Gasteiger partial charge is 0.231 e. The lowest BCUT2D eigenvalue weighted by Gasteiger charge is -2.06. The van der Waals surface area contributed by atoms with Crippen LogP contribution < -0.4 is 4.72 Å². The average molecular weight is 411 g/mol. The van der Waals surface area contributed by atoms with E-state index in [9.17, 15) is 14.4 Å². The Hall–Kier alpha value is -1.06. The molecule has 2 atom stereocenters. The molecule has 0 fully saturated rings. The Morgan fingerprint density at radius 2 is 1.91 bits per heavy atom. The van der Waals surface area contributed by atoms with E-state index in [1.54, 1.807) is 24.3 Å². The van der Waals surface area contributed by atoms with Crippen LogP contribution in [0.1, 0.15) is 17.0 Å². The van der Waals surface area contributed by atoms with E-state index in [2.05, 4.69) is 20.7 Å². The van der Waals surface area contributed by atoms with Crippen LogP contribution in [0.3, 0.4) is 0 Å². The summed E-state index contributed by atoms with van der Waals surface area (Å²) < 4.78 is 27.0. The molecule has 0 radical (unpaired) electrons. The predicted octanol–water partition coefficient (Wildman–Crippen LogP) is 3.56. The fourth-order valence-electron chi connectivity index (χ4n) is 1.84. The first-order valence-electron chi connectivity index (χ1n) is 6.19. The minimum Gasteiger partial charge on any atom is -0.502 e. The van der Waals surface area contributed by atoms with Gasteiger partial charge in [0.15, 0.2) is 11.5 Å². The maximum absolute atomic E-state index is 10.5. The standard InChI is InChI=1S/C13H13BrClNO5S/c14-9(5-6-16-22(19)20)13-11(18)10(17)12(21-13)7-1-3-8(15)4-2-7/h1-4,9,16-18H,5-6H2,(H,19,20). The molecule has 6 nitrogen and oxygen atoms in total. The number of hydrogen-bond acceptors (Lipinski definition) is 4. The van der Waals surface area contributed by atoms with Crippen LogP contribution in [0.15, 0.2) is 28.7 Å². The molecule has 1 aromatic heterocycles. The maximum Gasteiger partial charge on any atom is 0.231 e. The van der Waals surface area contributed by atoms with Gasteiger partial charge in [-0.1, -0.05) is 27.5 Å². The van der Waals surface area contributed by atoms with Gasteiger partial charge in [0.2, 0.25) is 22.8 Å². The van der Waals surface area contributed by atoms with Gasteiger partial charge in [0.1, 0.15) is 0 Å². The highest BCUT2D eigenvalue weighted by Gasteiger charge is 2.25. The fourth-order valence-corrected chi connectivity index (χ4v) is 2.80. The molecular formula is C13H13BrClNO5S. The van der Waals surface area contributed by atoms with Crippen LogP contribution in [0.5, 0.6) is 11.5 Å². The Morgan fingerprint density at radius 1 is 1.27 bits per heavy atom. The van der Waals surface area contributed by atoms with Gasteiger partial charge in [-0.05, 0) is 30.7 Å². The second-order valence-electron chi connectivity index (χ2n) is 4.40. The molecule has 0 saturated heterocycles. The number of hydrogen-bond donors (Lipinski definition) is 4. The van der Waals surface area contributed by atoms with Gasteiger partial charge >= 0.3 is 0 Å². The van der Waals surface area contributed by atoms with Crippen molar-refractivity contribution in [1.82, 2.24) is 4.72 Å². The highest BCUT2D eigenvalue weighted by molar-refractivity contribution is 9.09. The Balaban J connectivity index is 2.22. The fraction of sp³-hybridized carbons (Fsp3) is 0.231. The predicted molar refractivity (Wildman–Crippen MR) is 87.5 cm³/mol. The summed E-state index contributed by atoms with van der Waals surface area (Å²) in [6.45, 7) is 0.218. The first-order valence-corrected chi connectivity index (χ1v) is 8.59. The lowest BCUT2D eigenvalue weighted by Crippen LogP contribution is -2.18. The first kappa shape index (κ1) is 17.3. The normalized spacial score (nSPS) is 14.0. The van der Waals surface area contributed by atoms with Gasteiger partial charge in [0.05, 0.1) is 4.83 Å². The molecule has 0 aliphatic carbocycles. The summed E-state index contributed by atoms with van der Waals surface area (Å²) in [5.41, 5.74) is 0.567. The van der Waals surface area contributed by atoms with Crippen LogP contribution in [-0.2, 0) is 11.3 Å². The zero-order valence-electron chi connectivity index (χ0n) is 11.1. The van der Waals surface area contributed by atoms with Crippen molar-refractivity contribution in [3.63, 3.8) is 0 Å². The van der Waals surface area contributed by atoms with Crippen LogP contribution in [0.25, 0.3) is 11.3 Å². The van der Waals surface area contributed by atoms with Crippen molar-refractivity contribution in [2.75, 3.05) is 6.54 Å². The van der Waals surface area contributed by atoms with Crippen molar-refractivity contribution < 1.29 is 23.4 Å². The number of halogens is 2. The minimum absolute atomic E-state index is 0.132. The summed E-state index contributed by atoms with van der Waals surface area (Å²) in [7, 11) is 0. The molecule has 2 rings (SSSR count). The summed E-state index contributed by atoms with van der Waals surface area (Å²) >= 11 is 7.02. The first-order chi connectivity index (χ1) is 10.4. The zero-order chi connectivity index (χ0) is 16.3. The van der Waals surface area contributed by atoms with E-state index in [-0.39, 0.29) is 29.6 Å². The highest BCUT2D eigenvalue weighted by Crippen LogP contribution is 2.47. The molecule has 0 bridgehead atoms. The molecule has 120 valence electrons. The van der Waals surface area contributed by atoms with Crippen LogP contribution in [0.4, 0.5) is 0 Å². The molecule has 1 aromatic carbocycles. The number of rotatable bonds is 6. The van der Waals surface area contributed by atoms with Gasteiger partial charge in [0.25, 0.3) is 0 Å². The van der Waals surface area contributed by atoms with Crippen LogP contribution in [0.2, 0.25) is 5.02 Å². The summed E-state index contributed by atoms with van der Waals surface area (Å²) in [5.74, 6) is -0.447. The van der Waals surface area contributed by atoms with Crippen molar-refractivity contribution in [2.24, 2.45) is 0 Å². The third kappa shape index (κ3) is 4.02. The Kier molecular flexibility index (Phi) is 5.87. The SMILES string of the molecule is O=S(O)NCCC(Br)c1oc(-c2ccc(Cl)cc2)c(O)c1O. The molecule has 0 amide bonds. The van der Waals surface area contributed by atoms with Gasteiger partial charge in [-0.2, -0.15) is 0 Å². The maximum atomic E-state index is 10.5. The summed E-state index contributed by atoms with van der Waals surface area (Å²) in [4.78, 5) is -0.435. The minimum atomic E-state index is -2.10. The van der Waals surface area contributed by atoms with Gasteiger partial charge in [0, 0.05) is 17.1 Å². The average Bonchev–Trinajstić information content (AvgIpc) is 2.76. The molecule has 0 aliphatic heterocycles. The van der Waals surface area contributed by atoms with E-state index >= 15 is 0 Å². The van der Waals surface area contributed by atoms with Gasteiger partial charge in [-0.25, -0.2) is 8.93 Å². The molecule has 1 heterocycles. The third-order valence-corrected chi connectivity index (χ3v) is 4.48. The molecule has 22 heavy (non-hydrogen) atoms. The second kappa shape index (κ2) is 7.47. The topological polar surface area (TPSA) is 103 Å². The van der Waals surface area contributed by atoms with Gasteiger partial charge < -0.3 is 14.6 Å². The zero-order valence-corrected chi connectivity index (χ0v) is 14.3. The lowest BCUT2D eigenvalue weighted by molar-refractivity contribution is 0.401. The van der Waals surface area contributed by atoms with Crippen LogP contribution in [-0.4, -0.2) is 25.5 Å². The molecule has 0 aliphatic rings. The van der Waals surface area contributed by atoms with Gasteiger partial charge in [-0.3, -0.25) is 4.55 Å². The van der Waals surface area contributed by atoms with Crippen LogP contribution in [0, 0.1) is 0 Å². The second-order valence-corrected chi connectivity index (χ2v) is 6.73. The number of aromatic hydroxyl groups is 2. The quantitative estimate of drug-likeness (QED) is 0.431. The van der Waals surface area contributed by atoms with Crippen molar-refractivity contribution in [1.29, 1.82) is 0 Å². The third-order valence-electron chi connectivity index (χ3n) is 2.90. The van der Waals surface area contributed by atoms with E-state index in [1.165, 1.54) is 0 Å². The van der Waals surface area contributed by atoms with E-state index < -0.39 is 16.1 Å². The van der Waals surface area contributed by atoms with E-state index in [0.29, 0.717) is 17.0 Å². The Morgan fingerprint density at radius 3 is 2.50 bits per heavy atom. The Labute approximate surface area is 142 Å². The largest absolute Gasteiger partial charge is 0.502 e. The monoisotopic (exact) mass is 409 g/mol. The van der Waals surface area contributed by atoms with Crippen molar-refractivity contribution in [3.8, 4) is 22.8 Å². The van der Waals surface area contributed by atoms with Crippen molar-refractivity contribution in [2.45, 2.75) is 11.2 Å². The molecule has 0 saturated carbocycles. The van der Waals surface area contributed by atoms with Crippen molar-refractivity contribution in [3.05, 3.63) is 35.0 Å². The number of alkyl halides is 1. The van der Waals surface area contributed by atoms with Gasteiger partial charge in [-0.15, -0.1) is 0 Å². The molecule has 9 heteroatoms. The van der Waals surface area contributed by atoms with E-state index in [1.807, 2.05) is 0 Å². The van der Waals surface area contributed by atoms with E-state index in [0.717, 1.165) is 0 Å². The number of nitrogens with one attached hydrogen (secondary N) is 1.